The first-order valence-electron chi connectivity index (χ1n) is 16.9. The lowest BCUT2D eigenvalue weighted by Gasteiger charge is -2.26. The number of esters is 1. The number of rotatable bonds is 17. The van der Waals surface area contributed by atoms with Crippen LogP contribution in [0.15, 0.2) is 48.8 Å². The predicted octanol–water partition coefficient (Wildman–Crippen LogP) is 5.37. The highest BCUT2D eigenvalue weighted by Gasteiger charge is 2.40. The zero-order valence-electron chi connectivity index (χ0n) is 28.3. The van der Waals surface area contributed by atoms with Gasteiger partial charge in [-0.05, 0) is 67.1 Å². The number of pyridine rings is 1. The van der Waals surface area contributed by atoms with Crippen molar-refractivity contribution >= 4 is 56.7 Å². The summed E-state index contributed by atoms with van der Waals surface area (Å²) in [5, 5.41) is 0.329. The highest BCUT2D eigenvalue weighted by atomic mass is 35.5. The monoisotopic (exact) mass is 796 g/mol. The molecule has 3 aliphatic rings. The third-order valence-corrected chi connectivity index (χ3v) is 10.9. The van der Waals surface area contributed by atoms with Gasteiger partial charge in [-0.3, -0.25) is 33.9 Å². The summed E-state index contributed by atoms with van der Waals surface area (Å²) in [6, 6.07) is 8.23. The van der Waals surface area contributed by atoms with E-state index in [9.17, 15) is 31.6 Å². The van der Waals surface area contributed by atoms with Crippen LogP contribution in [0.1, 0.15) is 57.2 Å². The maximum atomic E-state index is 13.6. The number of alkyl halides is 2. The molecule has 284 valence electrons. The van der Waals surface area contributed by atoms with Crippen LogP contribution in [0.4, 0.5) is 14.5 Å². The van der Waals surface area contributed by atoms with Crippen LogP contribution in [0.3, 0.4) is 0 Å². The standard InChI is InChI=1S/C35H36Cl2F2N4O9S/c36-25-17-40-18-26(37)24(25)16-29(22-7-8-28(52-35(38)39)30(15-22)50-20-21-5-6-21)51-31(44)19-43-33(45)23-3-1-4-27(32(23)34(43)46)41-53(47,48)14-2-9-42-10-12-49-13-11-42/h1,3-4,7-8,15,17-18,21,29,35,41H,2,5-6,9-14,16,19-20H2/t29-/m0/s1. The molecule has 0 spiro atoms. The molecule has 0 unspecified atom stereocenters. The van der Waals surface area contributed by atoms with E-state index in [1.165, 1.54) is 48.8 Å². The molecule has 2 fully saturated rings. The quantitative estimate of drug-likeness (QED) is 0.139. The number of ether oxygens (including phenoxy) is 4. The first-order chi connectivity index (χ1) is 25.4. The Morgan fingerprint density at radius 2 is 1.77 bits per heavy atom. The van der Waals surface area contributed by atoms with Gasteiger partial charge in [-0.25, -0.2) is 8.42 Å². The molecule has 1 aromatic heterocycles. The Hall–Kier alpha value is -4.09. The van der Waals surface area contributed by atoms with Crippen LogP contribution in [0.5, 0.6) is 11.5 Å². The molecular weight excluding hydrogens is 761 g/mol. The SMILES string of the molecule is O=C(CN1C(=O)c2cccc(NS(=O)(=O)CCCN3CCOCC3)c2C1=O)O[C@@H](Cc1c(Cl)cncc1Cl)c1ccc(OC(F)F)c(OCC2CC2)c1. The van der Waals surface area contributed by atoms with Gasteiger partial charge in [0.05, 0.1) is 52.4 Å². The van der Waals surface area contributed by atoms with Crippen molar-refractivity contribution in [2.24, 2.45) is 5.92 Å². The zero-order valence-corrected chi connectivity index (χ0v) is 30.6. The topological polar surface area (TPSA) is 154 Å². The fraction of sp³-hybridized carbons (Fsp3) is 0.429. The van der Waals surface area contributed by atoms with Crippen LogP contribution in [0.2, 0.25) is 10.0 Å². The predicted molar refractivity (Wildman–Crippen MR) is 189 cm³/mol. The number of benzene rings is 2. The van der Waals surface area contributed by atoms with E-state index in [0.717, 1.165) is 12.8 Å². The van der Waals surface area contributed by atoms with E-state index in [4.69, 9.17) is 37.4 Å². The van der Waals surface area contributed by atoms with Gasteiger partial charge in [0, 0.05) is 31.9 Å². The fourth-order valence-electron chi connectivity index (χ4n) is 5.98. The van der Waals surface area contributed by atoms with Gasteiger partial charge in [0.25, 0.3) is 11.8 Å². The van der Waals surface area contributed by atoms with Crippen LogP contribution in [-0.4, -0.2) is 99.3 Å². The van der Waals surface area contributed by atoms with Crippen LogP contribution >= 0.6 is 23.2 Å². The van der Waals surface area contributed by atoms with Gasteiger partial charge >= 0.3 is 12.6 Å². The van der Waals surface area contributed by atoms with E-state index in [2.05, 4.69) is 19.3 Å². The number of anilines is 1. The van der Waals surface area contributed by atoms with Gasteiger partial charge < -0.3 is 18.9 Å². The summed E-state index contributed by atoms with van der Waals surface area (Å²) < 4.78 is 76.5. The molecule has 1 saturated carbocycles. The lowest BCUT2D eigenvalue weighted by atomic mass is 10.0. The van der Waals surface area contributed by atoms with E-state index in [1.807, 2.05) is 0 Å². The molecule has 18 heteroatoms. The van der Waals surface area contributed by atoms with Crippen molar-refractivity contribution in [1.29, 1.82) is 0 Å². The summed E-state index contributed by atoms with van der Waals surface area (Å²) in [7, 11) is -3.91. The van der Waals surface area contributed by atoms with E-state index in [0.29, 0.717) is 55.3 Å². The minimum absolute atomic E-state index is 0.000837. The van der Waals surface area contributed by atoms with Crippen molar-refractivity contribution < 1.29 is 50.5 Å². The van der Waals surface area contributed by atoms with Crippen molar-refractivity contribution in [3.8, 4) is 11.5 Å². The molecule has 1 N–H and O–H groups in total. The molecule has 2 aliphatic heterocycles. The molecule has 1 atom stereocenters. The largest absolute Gasteiger partial charge is 0.489 e. The highest BCUT2D eigenvalue weighted by molar-refractivity contribution is 7.92. The molecule has 1 saturated heterocycles. The van der Waals surface area contributed by atoms with E-state index in [1.54, 1.807) is 0 Å². The maximum absolute atomic E-state index is 13.6. The Morgan fingerprint density at radius 1 is 1.04 bits per heavy atom. The average molecular weight is 798 g/mol. The Morgan fingerprint density at radius 3 is 2.47 bits per heavy atom. The molecule has 0 bridgehead atoms. The number of nitrogens with one attached hydrogen (secondary N) is 1. The van der Waals surface area contributed by atoms with Crippen molar-refractivity contribution in [3.05, 3.63) is 81.1 Å². The first-order valence-corrected chi connectivity index (χ1v) is 19.3. The minimum Gasteiger partial charge on any atom is -0.489 e. The summed E-state index contributed by atoms with van der Waals surface area (Å²) in [6.45, 7) is -0.560. The number of carbonyl (C=O) groups excluding carboxylic acids is 3. The lowest BCUT2D eigenvalue weighted by Crippen LogP contribution is -2.37. The van der Waals surface area contributed by atoms with Crippen molar-refractivity contribution in [2.45, 2.75) is 38.4 Å². The number of halogens is 4. The summed E-state index contributed by atoms with van der Waals surface area (Å²) in [6.07, 6.45) is 3.62. The summed E-state index contributed by atoms with van der Waals surface area (Å²) in [4.78, 5) is 47.3. The summed E-state index contributed by atoms with van der Waals surface area (Å²) in [5.41, 5.74) is 0.281. The lowest BCUT2D eigenvalue weighted by molar-refractivity contribution is -0.149. The molecule has 6 rings (SSSR count). The smallest absolute Gasteiger partial charge is 0.387 e. The number of sulfonamides is 1. The van der Waals surface area contributed by atoms with Gasteiger partial charge in [0.15, 0.2) is 11.5 Å². The van der Waals surface area contributed by atoms with Crippen LogP contribution in [-0.2, 0) is 30.7 Å². The Labute approximate surface area is 314 Å². The molecular formula is C35H36Cl2F2N4O9S. The number of hydrogen-bond acceptors (Lipinski definition) is 11. The van der Waals surface area contributed by atoms with E-state index >= 15 is 0 Å². The fourth-order valence-corrected chi connectivity index (χ4v) is 7.61. The molecule has 13 nitrogen and oxygen atoms in total. The van der Waals surface area contributed by atoms with E-state index in [-0.39, 0.29) is 63.1 Å². The Balaban J connectivity index is 1.19. The van der Waals surface area contributed by atoms with Gasteiger partial charge in [-0.2, -0.15) is 8.78 Å². The number of fused-ring (bicyclic) bond motifs is 1. The van der Waals surface area contributed by atoms with Crippen molar-refractivity contribution in [2.75, 3.05) is 56.5 Å². The number of amides is 2. The molecule has 1 aliphatic carbocycles. The first kappa shape index (κ1) is 38.6. The van der Waals surface area contributed by atoms with Crippen molar-refractivity contribution in [3.63, 3.8) is 0 Å². The number of carbonyl (C=O) groups is 3. The van der Waals surface area contributed by atoms with Crippen molar-refractivity contribution in [1.82, 2.24) is 14.8 Å². The van der Waals surface area contributed by atoms with Crippen LogP contribution < -0.4 is 14.2 Å². The van der Waals surface area contributed by atoms with Crippen LogP contribution in [0.25, 0.3) is 0 Å². The zero-order chi connectivity index (χ0) is 37.7. The molecule has 53 heavy (non-hydrogen) atoms. The van der Waals surface area contributed by atoms with Gasteiger partial charge in [-0.1, -0.05) is 35.3 Å². The number of morpholine rings is 1. The molecule has 2 aromatic carbocycles. The van der Waals surface area contributed by atoms with Gasteiger partial charge in [-0.15, -0.1) is 0 Å². The third kappa shape index (κ3) is 9.92. The number of nitrogens with zero attached hydrogens (tertiary/aromatic N) is 3. The highest BCUT2D eigenvalue weighted by Crippen LogP contribution is 2.38. The van der Waals surface area contributed by atoms with E-state index < -0.39 is 47.1 Å². The second-order valence-electron chi connectivity index (χ2n) is 12.8. The normalized spacial score (nSPS) is 16.8. The summed E-state index contributed by atoms with van der Waals surface area (Å²) >= 11 is 12.8. The molecule has 3 aromatic rings. The second kappa shape index (κ2) is 16.9. The minimum atomic E-state index is -3.91. The van der Waals surface area contributed by atoms with Gasteiger partial charge in [0.1, 0.15) is 12.6 Å². The Bertz CT molecular complexity index is 1940. The third-order valence-electron chi connectivity index (χ3n) is 8.89. The molecule has 0 radical (unpaired) electrons. The Kier molecular flexibility index (Phi) is 12.3. The summed E-state index contributed by atoms with van der Waals surface area (Å²) in [5.74, 6) is -2.89. The van der Waals surface area contributed by atoms with Crippen LogP contribution in [0, 0.1) is 5.92 Å². The second-order valence-corrected chi connectivity index (χ2v) is 15.4. The van der Waals surface area contributed by atoms with Gasteiger partial charge in [0.2, 0.25) is 10.0 Å². The number of imide groups is 1. The number of aromatic nitrogens is 1. The molecule has 2 amide bonds. The number of hydrogen-bond donors (Lipinski definition) is 1. The maximum Gasteiger partial charge on any atom is 0.387 e. The average Bonchev–Trinajstić information content (AvgIpc) is 3.92. The molecule has 3 heterocycles.